The number of aromatic nitrogens is 1. The molecule has 3 aromatic rings. The zero-order chi connectivity index (χ0) is 26.2. The number of benzene rings is 2. The molecule has 2 unspecified atom stereocenters. The van der Waals surface area contributed by atoms with Crippen molar-refractivity contribution < 1.29 is 40.0 Å². The monoisotopic (exact) mass is 604 g/mol. The fourth-order valence-electron chi connectivity index (χ4n) is 5.08. The molecule has 0 bridgehead atoms. The van der Waals surface area contributed by atoms with E-state index in [1.54, 1.807) is 12.1 Å². The summed E-state index contributed by atoms with van der Waals surface area (Å²) in [7, 11) is -8.50. The number of quaternary nitrogens is 1. The summed E-state index contributed by atoms with van der Waals surface area (Å²) >= 11 is 9.13. The molecule has 1 aromatic heterocycles. The Balaban J connectivity index is 1.51. The third kappa shape index (κ3) is 4.33. The van der Waals surface area contributed by atoms with E-state index in [0.717, 1.165) is 25.8 Å². The molecule has 4 heterocycles. The lowest BCUT2D eigenvalue weighted by molar-refractivity contribution is -0.668. The molecule has 2 atom stereocenters. The van der Waals surface area contributed by atoms with Gasteiger partial charge in [0.25, 0.3) is 15.1 Å². The number of nitrogens with zero attached hydrogens (tertiary/aromatic N) is 2. The number of rotatable bonds is 6. The van der Waals surface area contributed by atoms with Gasteiger partial charge in [0.1, 0.15) is 4.70 Å². The van der Waals surface area contributed by atoms with Gasteiger partial charge >= 0.3 is 10.1 Å². The van der Waals surface area contributed by atoms with Crippen LogP contribution in [0, 0.1) is 0 Å². The Bertz CT molecular complexity index is 1700. The lowest BCUT2D eigenvalue weighted by Crippen LogP contribution is -2.66. The minimum Gasteiger partial charge on any atom is -0.454 e. The number of hydrogen-bond donors (Lipinski definition) is 2. The Kier molecular flexibility index (Phi) is 6.04. The van der Waals surface area contributed by atoms with E-state index >= 15 is 0 Å². The summed E-state index contributed by atoms with van der Waals surface area (Å²) in [5, 5.41) is 0.866. The predicted molar refractivity (Wildman–Crippen MR) is 141 cm³/mol. The Labute approximate surface area is 226 Å². The van der Waals surface area contributed by atoms with Crippen molar-refractivity contribution in [3.63, 3.8) is 0 Å². The van der Waals surface area contributed by atoms with Gasteiger partial charge in [-0.25, -0.2) is 4.48 Å². The van der Waals surface area contributed by atoms with Gasteiger partial charge in [-0.05, 0) is 23.9 Å². The van der Waals surface area contributed by atoms with Crippen molar-refractivity contribution in [3.8, 4) is 11.5 Å². The van der Waals surface area contributed by atoms with Crippen molar-refractivity contribution >= 4 is 76.9 Å². The topological polar surface area (TPSA) is 131 Å². The van der Waals surface area contributed by atoms with Gasteiger partial charge in [0, 0.05) is 23.6 Å². The molecule has 37 heavy (non-hydrogen) atoms. The van der Waals surface area contributed by atoms with Crippen LogP contribution in [0.25, 0.3) is 16.3 Å². The van der Waals surface area contributed by atoms with E-state index in [9.17, 15) is 25.9 Å². The van der Waals surface area contributed by atoms with Crippen LogP contribution in [0.2, 0.25) is 5.02 Å². The molecule has 196 valence electrons. The summed E-state index contributed by atoms with van der Waals surface area (Å²) in [5.41, 5.74) is 1.51. The Morgan fingerprint density at radius 1 is 1.14 bits per heavy atom. The molecule has 3 aliphatic rings. The van der Waals surface area contributed by atoms with Crippen LogP contribution in [0.4, 0.5) is 5.69 Å². The van der Waals surface area contributed by atoms with Gasteiger partial charge in [0.05, 0.1) is 35.8 Å². The molecule has 3 aliphatic heterocycles. The van der Waals surface area contributed by atoms with Crippen LogP contribution in [0.5, 0.6) is 11.5 Å². The van der Waals surface area contributed by atoms with Gasteiger partial charge in [-0.1, -0.05) is 22.9 Å². The van der Waals surface area contributed by atoms with E-state index in [1.807, 2.05) is 28.8 Å². The van der Waals surface area contributed by atoms with Crippen molar-refractivity contribution in [2.45, 2.75) is 29.7 Å². The Hall–Kier alpha value is -1.91. The SMILES string of the molecule is O=S(=O)(O)CCC[n+]1c(C=C2Sc3ccc(Cl)cc3[N+]23CCC3S(=O)(=O)O)sc2cc3c(cc21)OCO3. The molecular weight excluding hydrogens is 584 g/mol. The number of ether oxygens (including phenoxy) is 2. The average Bonchev–Trinajstić information content (AvgIpc) is 3.44. The van der Waals surface area contributed by atoms with Crippen molar-refractivity contribution in [1.29, 1.82) is 0 Å². The summed E-state index contributed by atoms with van der Waals surface area (Å²) in [5.74, 6) is 0.775. The predicted octanol–water partition coefficient (Wildman–Crippen LogP) is 3.88. The molecule has 0 saturated carbocycles. The van der Waals surface area contributed by atoms with Crippen molar-refractivity contribution in [3.05, 3.63) is 45.4 Å². The molecule has 10 nitrogen and oxygen atoms in total. The number of halogens is 1. The molecule has 6 rings (SSSR count). The number of hydrogen-bond acceptors (Lipinski definition) is 8. The molecule has 0 amide bonds. The summed E-state index contributed by atoms with van der Waals surface area (Å²) in [4.78, 5) is 0.851. The summed E-state index contributed by atoms with van der Waals surface area (Å²) < 4.78 is 80.6. The summed E-state index contributed by atoms with van der Waals surface area (Å²) in [6, 6.07) is 9.01. The highest BCUT2D eigenvalue weighted by Gasteiger charge is 2.62. The van der Waals surface area contributed by atoms with Gasteiger partial charge < -0.3 is 9.47 Å². The normalized spacial score (nSPS) is 23.6. The molecule has 0 aliphatic carbocycles. The van der Waals surface area contributed by atoms with Crippen LogP contribution in [-0.2, 0) is 26.8 Å². The van der Waals surface area contributed by atoms with Crippen molar-refractivity contribution in [2.75, 3.05) is 19.1 Å². The number of thioether (sulfide) groups is 1. The number of aryl methyl sites for hydroxylation is 1. The van der Waals surface area contributed by atoms with Crippen LogP contribution in [0.3, 0.4) is 0 Å². The second-order valence-electron chi connectivity index (χ2n) is 8.95. The Morgan fingerprint density at radius 2 is 1.89 bits per heavy atom. The second-order valence-corrected chi connectivity index (χ2v) is 14.7. The summed E-state index contributed by atoms with van der Waals surface area (Å²) in [6.07, 6.45) is 2.35. The van der Waals surface area contributed by atoms with Crippen molar-refractivity contribution in [2.24, 2.45) is 0 Å². The Morgan fingerprint density at radius 3 is 2.57 bits per heavy atom. The third-order valence-electron chi connectivity index (χ3n) is 6.78. The zero-order valence-corrected chi connectivity index (χ0v) is 23.1. The first-order chi connectivity index (χ1) is 17.5. The minimum absolute atomic E-state index is 0.0542. The maximum Gasteiger partial charge on any atom is 0.320 e. The van der Waals surface area contributed by atoms with Crippen LogP contribution in [0.1, 0.15) is 17.8 Å². The first-order valence-electron chi connectivity index (χ1n) is 11.2. The maximum absolute atomic E-state index is 12.4. The average molecular weight is 605 g/mol. The molecule has 0 radical (unpaired) electrons. The molecular formula is C22H21ClN2O8S4+2. The van der Waals surface area contributed by atoms with Crippen molar-refractivity contribution in [1.82, 2.24) is 4.48 Å². The molecule has 1 saturated heterocycles. The van der Waals surface area contributed by atoms with E-state index in [0.29, 0.717) is 34.5 Å². The van der Waals surface area contributed by atoms with Crippen LogP contribution < -0.4 is 18.5 Å². The van der Waals surface area contributed by atoms with Crippen LogP contribution in [0.15, 0.2) is 40.3 Å². The van der Waals surface area contributed by atoms with E-state index in [-0.39, 0.29) is 24.2 Å². The minimum atomic E-state index is -4.37. The fraction of sp³-hybridized carbons (Fsp3) is 0.318. The van der Waals surface area contributed by atoms with E-state index in [1.165, 1.54) is 23.1 Å². The maximum atomic E-state index is 12.4. The smallest absolute Gasteiger partial charge is 0.320 e. The lowest BCUT2D eigenvalue weighted by atomic mass is 10.1. The lowest BCUT2D eigenvalue weighted by Gasteiger charge is -2.47. The molecule has 2 N–H and O–H groups in total. The second kappa shape index (κ2) is 8.81. The van der Waals surface area contributed by atoms with Gasteiger partial charge in [-0.3, -0.25) is 9.11 Å². The molecule has 1 spiro atoms. The van der Waals surface area contributed by atoms with E-state index < -0.39 is 31.4 Å². The zero-order valence-electron chi connectivity index (χ0n) is 19.0. The van der Waals surface area contributed by atoms with Gasteiger partial charge in [0.15, 0.2) is 28.8 Å². The van der Waals surface area contributed by atoms with Crippen LogP contribution in [-0.4, -0.2) is 50.4 Å². The highest BCUT2D eigenvalue weighted by atomic mass is 35.5. The number of thiazole rings is 1. The van der Waals surface area contributed by atoms with E-state index in [4.69, 9.17) is 21.1 Å². The van der Waals surface area contributed by atoms with Gasteiger partial charge in [0.2, 0.25) is 17.7 Å². The highest BCUT2D eigenvalue weighted by Crippen LogP contribution is 2.58. The van der Waals surface area contributed by atoms with Crippen LogP contribution >= 0.6 is 34.7 Å². The largest absolute Gasteiger partial charge is 0.454 e. The number of fused-ring (bicyclic) bond motifs is 4. The first-order valence-corrected chi connectivity index (χ1v) is 16.3. The molecule has 15 heteroatoms. The van der Waals surface area contributed by atoms with Gasteiger partial charge in [-0.2, -0.15) is 21.4 Å². The molecule has 1 fully saturated rings. The fourth-order valence-corrected chi connectivity index (χ4v) is 9.55. The molecule has 2 aromatic carbocycles. The van der Waals surface area contributed by atoms with Gasteiger partial charge in [-0.15, -0.1) is 0 Å². The first kappa shape index (κ1) is 25.4. The quantitative estimate of drug-likeness (QED) is 0.244. The van der Waals surface area contributed by atoms with E-state index in [2.05, 4.69) is 0 Å². The third-order valence-corrected chi connectivity index (χ3v) is 11.4. The highest BCUT2D eigenvalue weighted by molar-refractivity contribution is 8.03. The summed E-state index contributed by atoms with van der Waals surface area (Å²) in [6.45, 7) is 0.866. The standard InChI is InChI=1S/C22H19ClN2O8S4/c23-13-2-3-18-15(8-13)25(6-4-22(25)37(29,30)31)21(35-18)11-20-24(5-1-7-36(26,27)28)14-9-16-17(33-12-32-16)10-19(14)34-20/h2-3,8-11,22H,1,4-7,12H2/p+2.